The van der Waals surface area contributed by atoms with Gasteiger partial charge in [0.1, 0.15) is 17.9 Å². The molecule has 1 amide bonds. The molecule has 0 atom stereocenters. The van der Waals surface area contributed by atoms with E-state index < -0.39 is 34.0 Å². The maximum Gasteiger partial charge on any atom is 0.344 e. The smallest absolute Gasteiger partial charge is 0.344 e. The Hall–Kier alpha value is -3.40. The standard InChI is InChI=1S/C24H31N3O6S/c1-17-7-10-20(13-18(17)2)27(34(6,30)31)15-22(28)26-25-14-19-8-11-21(12-9-19)32-16-23(29)33-24(3,4)5/h7-14H,15-16H2,1-6H3,(H,26,28)/b25-14-. The number of aryl methyl sites for hydroxylation is 2. The molecule has 0 aliphatic heterocycles. The molecule has 184 valence electrons. The van der Waals surface area contributed by atoms with Crippen LogP contribution in [0.25, 0.3) is 0 Å². The molecule has 1 N–H and O–H groups in total. The lowest BCUT2D eigenvalue weighted by Gasteiger charge is -2.22. The van der Waals surface area contributed by atoms with Crippen LogP contribution in [0, 0.1) is 13.8 Å². The minimum atomic E-state index is -3.67. The molecule has 9 nitrogen and oxygen atoms in total. The Balaban J connectivity index is 1.93. The minimum Gasteiger partial charge on any atom is -0.482 e. The number of hydrazone groups is 1. The number of nitrogens with zero attached hydrogens (tertiary/aromatic N) is 2. The highest BCUT2D eigenvalue weighted by molar-refractivity contribution is 7.92. The van der Waals surface area contributed by atoms with Gasteiger partial charge in [-0.15, -0.1) is 0 Å². The van der Waals surface area contributed by atoms with Gasteiger partial charge in [-0.3, -0.25) is 9.10 Å². The van der Waals surface area contributed by atoms with Gasteiger partial charge in [-0.25, -0.2) is 18.6 Å². The van der Waals surface area contributed by atoms with Gasteiger partial charge in [0.2, 0.25) is 10.0 Å². The number of hydrogen-bond donors (Lipinski definition) is 1. The normalized spacial score (nSPS) is 11.8. The van der Waals surface area contributed by atoms with E-state index in [2.05, 4.69) is 10.5 Å². The van der Waals surface area contributed by atoms with Crippen molar-refractivity contribution in [3.8, 4) is 5.75 Å². The van der Waals surface area contributed by atoms with Crippen molar-refractivity contribution in [1.82, 2.24) is 5.43 Å². The molecule has 2 aromatic carbocycles. The van der Waals surface area contributed by atoms with Crippen LogP contribution in [0.5, 0.6) is 5.75 Å². The zero-order valence-corrected chi connectivity index (χ0v) is 21.1. The average Bonchev–Trinajstić information content (AvgIpc) is 2.71. The van der Waals surface area contributed by atoms with Crippen molar-refractivity contribution in [2.75, 3.05) is 23.7 Å². The van der Waals surface area contributed by atoms with Crippen LogP contribution in [0.15, 0.2) is 47.6 Å². The Morgan fingerprint density at radius 1 is 1.06 bits per heavy atom. The summed E-state index contributed by atoms with van der Waals surface area (Å²) in [6.45, 7) is 8.51. The molecule has 0 fully saturated rings. The Kier molecular flexibility index (Phi) is 8.80. The summed E-state index contributed by atoms with van der Waals surface area (Å²) in [6.07, 6.45) is 2.46. The van der Waals surface area contributed by atoms with Crippen molar-refractivity contribution in [2.24, 2.45) is 5.10 Å². The molecule has 0 saturated heterocycles. The molecule has 2 aromatic rings. The predicted molar refractivity (Wildman–Crippen MR) is 132 cm³/mol. The second-order valence-corrected chi connectivity index (χ2v) is 10.7. The van der Waals surface area contributed by atoms with Crippen LogP contribution in [0.1, 0.15) is 37.5 Å². The van der Waals surface area contributed by atoms with Gasteiger partial charge in [0, 0.05) is 0 Å². The van der Waals surface area contributed by atoms with Crippen molar-refractivity contribution in [2.45, 2.75) is 40.2 Å². The molecule has 0 aliphatic rings. The zero-order chi connectivity index (χ0) is 25.5. The summed E-state index contributed by atoms with van der Waals surface area (Å²) in [6, 6.07) is 11.9. The summed E-state index contributed by atoms with van der Waals surface area (Å²) in [4.78, 5) is 24.0. The molecule has 2 rings (SSSR count). The molecule has 0 bridgehead atoms. The maximum absolute atomic E-state index is 12.3. The van der Waals surface area contributed by atoms with Gasteiger partial charge < -0.3 is 9.47 Å². The molecule has 34 heavy (non-hydrogen) atoms. The third-order valence-corrected chi connectivity index (χ3v) is 5.67. The number of benzene rings is 2. The van der Waals surface area contributed by atoms with E-state index in [1.165, 1.54) is 6.21 Å². The van der Waals surface area contributed by atoms with Crippen LogP contribution in [-0.2, 0) is 24.3 Å². The van der Waals surface area contributed by atoms with Gasteiger partial charge in [-0.2, -0.15) is 5.10 Å². The van der Waals surface area contributed by atoms with Gasteiger partial charge in [0.25, 0.3) is 5.91 Å². The van der Waals surface area contributed by atoms with Crippen molar-refractivity contribution >= 4 is 33.8 Å². The number of carbonyl (C=O) groups excluding carboxylic acids is 2. The lowest BCUT2D eigenvalue weighted by molar-refractivity contribution is -0.157. The summed E-state index contributed by atoms with van der Waals surface area (Å²) in [5.74, 6) is -0.578. The third-order valence-electron chi connectivity index (χ3n) is 4.53. The van der Waals surface area contributed by atoms with Gasteiger partial charge in [0.05, 0.1) is 18.2 Å². The van der Waals surface area contributed by atoms with Crippen LogP contribution in [-0.4, -0.2) is 51.5 Å². The number of sulfonamides is 1. The highest BCUT2D eigenvalue weighted by atomic mass is 32.2. The first-order chi connectivity index (χ1) is 15.7. The summed E-state index contributed by atoms with van der Waals surface area (Å²) < 4.78 is 36.0. The second-order valence-electron chi connectivity index (χ2n) is 8.78. The quantitative estimate of drug-likeness (QED) is 0.329. The Labute approximate surface area is 200 Å². The molecule has 0 heterocycles. The zero-order valence-electron chi connectivity index (χ0n) is 20.3. The molecule has 0 unspecified atom stereocenters. The molecule has 0 saturated carbocycles. The summed E-state index contributed by atoms with van der Waals surface area (Å²) in [5, 5.41) is 3.89. The Morgan fingerprint density at radius 3 is 2.26 bits per heavy atom. The number of nitrogens with one attached hydrogen (secondary N) is 1. The van der Waals surface area contributed by atoms with Crippen LogP contribution in [0.4, 0.5) is 5.69 Å². The number of ether oxygens (including phenoxy) is 2. The average molecular weight is 490 g/mol. The lowest BCUT2D eigenvalue weighted by Crippen LogP contribution is -2.39. The second kappa shape index (κ2) is 11.1. The monoisotopic (exact) mass is 489 g/mol. The molecule has 0 spiro atoms. The fraction of sp³-hybridized carbons (Fsp3) is 0.375. The summed E-state index contributed by atoms with van der Waals surface area (Å²) >= 11 is 0. The lowest BCUT2D eigenvalue weighted by atomic mass is 10.1. The Morgan fingerprint density at radius 2 is 1.71 bits per heavy atom. The van der Waals surface area contributed by atoms with E-state index in [9.17, 15) is 18.0 Å². The Bertz CT molecular complexity index is 1150. The fourth-order valence-corrected chi connectivity index (χ4v) is 3.64. The van der Waals surface area contributed by atoms with E-state index in [4.69, 9.17) is 9.47 Å². The SMILES string of the molecule is Cc1ccc(N(CC(=O)N/N=C\c2ccc(OCC(=O)OC(C)(C)C)cc2)S(C)(=O)=O)cc1C. The van der Waals surface area contributed by atoms with Gasteiger partial charge in [-0.05, 0) is 87.7 Å². The van der Waals surface area contributed by atoms with Crippen molar-refractivity contribution < 1.29 is 27.5 Å². The highest BCUT2D eigenvalue weighted by Gasteiger charge is 2.21. The first-order valence-corrected chi connectivity index (χ1v) is 12.4. The third kappa shape index (κ3) is 8.86. The summed E-state index contributed by atoms with van der Waals surface area (Å²) in [5.41, 5.74) is 4.77. The van der Waals surface area contributed by atoms with Crippen molar-refractivity contribution in [1.29, 1.82) is 0 Å². The molecule has 0 aliphatic carbocycles. The van der Waals surface area contributed by atoms with Crippen LogP contribution in [0.3, 0.4) is 0 Å². The number of carbonyl (C=O) groups is 2. The van der Waals surface area contributed by atoms with E-state index in [1.54, 1.807) is 63.2 Å². The van der Waals surface area contributed by atoms with Gasteiger partial charge in [-0.1, -0.05) is 6.07 Å². The number of esters is 1. The molecule has 0 radical (unpaired) electrons. The van der Waals surface area contributed by atoms with E-state index in [-0.39, 0.29) is 6.61 Å². The first kappa shape index (κ1) is 26.8. The van der Waals surface area contributed by atoms with Crippen molar-refractivity contribution in [3.05, 3.63) is 59.2 Å². The molecule has 0 aromatic heterocycles. The first-order valence-electron chi connectivity index (χ1n) is 10.6. The topological polar surface area (TPSA) is 114 Å². The molecular formula is C24H31N3O6S. The van der Waals surface area contributed by atoms with Crippen LogP contribution in [0.2, 0.25) is 0 Å². The van der Waals surface area contributed by atoms with Crippen LogP contribution < -0.4 is 14.5 Å². The highest BCUT2D eigenvalue weighted by Crippen LogP contribution is 2.21. The maximum atomic E-state index is 12.3. The predicted octanol–water partition coefficient (Wildman–Crippen LogP) is 2.94. The summed E-state index contributed by atoms with van der Waals surface area (Å²) in [7, 11) is -3.67. The number of amides is 1. The number of rotatable bonds is 9. The number of anilines is 1. The largest absolute Gasteiger partial charge is 0.482 e. The van der Waals surface area contributed by atoms with E-state index in [0.29, 0.717) is 17.0 Å². The number of hydrogen-bond acceptors (Lipinski definition) is 7. The van der Waals surface area contributed by atoms with Gasteiger partial charge >= 0.3 is 5.97 Å². The van der Waals surface area contributed by atoms with Crippen molar-refractivity contribution in [3.63, 3.8) is 0 Å². The van der Waals surface area contributed by atoms with E-state index in [1.807, 2.05) is 13.8 Å². The van der Waals surface area contributed by atoms with Gasteiger partial charge in [0.15, 0.2) is 6.61 Å². The van der Waals surface area contributed by atoms with E-state index >= 15 is 0 Å². The fourth-order valence-electron chi connectivity index (χ4n) is 2.79. The van der Waals surface area contributed by atoms with E-state index in [0.717, 1.165) is 21.7 Å². The minimum absolute atomic E-state index is 0.210. The molecular weight excluding hydrogens is 458 g/mol. The van der Waals surface area contributed by atoms with Crippen LogP contribution >= 0.6 is 0 Å². The molecule has 10 heteroatoms.